The molecule has 0 aliphatic heterocycles. The van der Waals surface area contributed by atoms with Gasteiger partial charge in [0.05, 0.1) is 11.9 Å². The Bertz CT molecular complexity index is 1140. The third kappa shape index (κ3) is 7.56. The van der Waals surface area contributed by atoms with Crippen LogP contribution in [0.1, 0.15) is 55.7 Å². The highest BCUT2D eigenvalue weighted by molar-refractivity contribution is 7.92. The summed E-state index contributed by atoms with van der Waals surface area (Å²) in [6.07, 6.45) is 6.94. The molecule has 36 heavy (non-hydrogen) atoms. The summed E-state index contributed by atoms with van der Waals surface area (Å²) in [6.45, 7) is 5.38. The summed E-state index contributed by atoms with van der Waals surface area (Å²) >= 11 is 0. The van der Waals surface area contributed by atoms with Gasteiger partial charge in [0, 0.05) is 12.6 Å². The zero-order chi connectivity index (χ0) is 26.3. The van der Waals surface area contributed by atoms with E-state index in [1.165, 1.54) is 11.3 Å². The molecule has 1 fully saturated rings. The summed E-state index contributed by atoms with van der Waals surface area (Å²) < 4.78 is 26.7. The lowest BCUT2D eigenvalue weighted by atomic mass is 9.95. The number of anilines is 1. The summed E-state index contributed by atoms with van der Waals surface area (Å²) in [5, 5.41) is 3.12. The molecule has 1 aliphatic rings. The predicted octanol–water partition coefficient (Wildman–Crippen LogP) is 3.98. The molecule has 2 amide bonds. The first-order valence-electron chi connectivity index (χ1n) is 12.7. The second kappa shape index (κ2) is 12.4. The Morgan fingerprint density at radius 1 is 1.03 bits per heavy atom. The van der Waals surface area contributed by atoms with Crippen LogP contribution in [0.3, 0.4) is 0 Å². The van der Waals surface area contributed by atoms with Gasteiger partial charge in [-0.25, -0.2) is 8.42 Å². The molecule has 0 saturated heterocycles. The van der Waals surface area contributed by atoms with Gasteiger partial charge in [-0.2, -0.15) is 0 Å². The lowest BCUT2D eigenvalue weighted by molar-refractivity contribution is -0.139. The lowest BCUT2D eigenvalue weighted by Crippen LogP contribution is -2.53. The van der Waals surface area contributed by atoms with Crippen LogP contribution in [-0.4, -0.2) is 56.6 Å². The number of aryl methyl sites for hydroxylation is 2. The molecule has 2 aromatic rings. The third-order valence-electron chi connectivity index (χ3n) is 6.92. The molecule has 0 spiro atoms. The van der Waals surface area contributed by atoms with Crippen molar-refractivity contribution in [3.8, 4) is 0 Å². The van der Waals surface area contributed by atoms with Gasteiger partial charge in [0.2, 0.25) is 21.8 Å². The molecule has 3 rings (SSSR count). The Hall–Kier alpha value is -2.87. The van der Waals surface area contributed by atoms with Crippen LogP contribution >= 0.6 is 0 Å². The monoisotopic (exact) mass is 513 g/mol. The van der Waals surface area contributed by atoms with Crippen molar-refractivity contribution < 1.29 is 18.0 Å². The number of nitrogens with one attached hydrogen (secondary N) is 1. The average Bonchev–Trinajstić information content (AvgIpc) is 2.84. The Kier molecular flexibility index (Phi) is 9.54. The second-order valence-electron chi connectivity index (χ2n) is 9.90. The van der Waals surface area contributed by atoms with Crippen molar-refractivity contribution in [1.29, 1.82) is 0 Å². The highest BCUT2D eigenvalue weighted by Crippen LogP contribution is 2.24. The number of benzene rings is 2. The van der Waals surface area contributed by atoms with Crippen LogP contribution < -0.4 is 9.62 Å². The number of carbonyl (C=O) groups is 2. The molecule has 1 N–H and O–H groups in total. The topological polar surface area (TPSA) is 86.8 Å². The number of amides is 2. The molecule has 0 radical (unpaired) electrons. The fourth-order valence-electron chi connectivity index (χ4n) is 4.72. The molecule has 1 atom stereocenters. The van der Waals surface area contributed by atoms with Gasteiger partial charge in [0.15, 0.2) is 0 Å². The maximum absolute atomic E-state index is 13.7. The summed E-state index contributed by atoms with van der Waals surface area (Å²) in [5.74, 6) is -0.593. The molecule has 8 heteroatoms. The zero-order valence-electron chi connectivity index (χ0n) is 21.9. The van der Waals surface area contributed by atoms with Crippen molar-refractivity contribution >= 4 is 27.5 Å². The fourth-order valence-corrected chi connectivity index (χ4v) is 5.62. The van der Waals surface area contributed by atoms with Gasteiger partial charge >= 0.3 is 0 Å². The Labute approximate surface area is 215 Å². The number of carbonyl (C=O) groups excluding carboxylic acids is 2. The van der Waals surface area contributed by atoms with Crippen molar-refractivity contribution in [3.63, 3.8) is 0 Å². The van der Waals surface area contributed by atoms with E-state index in [0.29, 0.717) is 18.7 Å². The maximum atomic E-state index is 13.7. The third-order valence-corrected chi connectivity index (χ3v) is 8.04. The van der Waals surface area contributed by atoms with Crippen LogP contribution in [0.2, 0.25) is 0 Å². The van der Waals surface area contributed by atoms with Gasteiger partial charge in [-0.15, -0.1) is 0 Å². The first kappa shape index (κ1) is 27.7. The smallest absolute Gasteiger partial charge is 0.244 e. The van der Waals surface area contributed by atoms with Crippen LogP contribution in [0.5, 0.6) is 0 Å². The number of hydrogen-bond acceptors (Lipinski definition) is 4. The number of nitrogens with zero attached hydrogens (tertiary/aromatic N) is 2. The van der Waals surface area contributed by atoms with E-state index >= 15 is 0 Å². The summed E-state index contributed by atoms with van der Waals surface area (Å²) in [7, 11) is -3.74. The van der Waals surface area contributed by atoms with Crippen molar-refractivity contribution in [1.82, 2.24) is 10.2 Å². The second-order valence-corrected chi connectivity index (χ2v) is 11.8. The minimum Gasteiger partial charge on any atom is -0.352 e. The van der Waals surface area contributed by atoms with Crippen LogP contribution in [-0.2, 0) is 26.0 Å². The summed E-state index contributed by atoms with van der Waals surface area (Å²) in [6, 6.07) is 14.7. The van der Waals surface area contributed by atoms with Gasteiger partial charge in [0.25, 0.3) is 0 Å². The highest BCUT2D eigenvalue weighted by atomic mass is 32.2. The molecule has 0 unspecified atom stereocenters. The van der Waals surface area contributed by atoms with Crippen LogP contribution in [0.15, 0.2) is 48.5 Å². The highest BCUT2D eigenvalue weighted by Gasteiger charge is 2.31. The Morgan fingerprint density at radius 2 is 1.69 bits per heavy atom. The molecule has 196 valence electrons. The fraction of sp³-hybridized carbons (Fsp3) is 0.500. The van der Waals surface area contributed by atoms with E-state index in [0.717, 1.165) is 52.9 Å². The molecule has 1 saturated carbocycles. The molecule has 0 bridgehead atoms. The normalized spacial score (nSPS) is 15.2. The van der Waals surface area contributed by atoms with Crippen molar-refractivity contribution in [2.45, 2.75) is 71.4 Å². The summed E-state index contributed by atoms with van der Waals surface area (Å²) in [5.41, 5.74) is 3.19. The number of sulfonamides is 1. The van der Waals surface area contributed by atoms with E-state index in [-0.39, 0.29) is 18.5 Å². The van der Waals surface area contributed by atoms with Crippen molar-refractivity contribution in [2.75, 3.05) is 23.7 Å². The first-order valence-corrected chi connectivity index (χ1v) is 14.6. The predicted molar refractivity (Wildman–Crippen MR) is 144 cm³/mol. The Balaban J connectivity index is 1.84. The van der Waals surface area contributed by atoms with Crippen LogP contribution in [0.4, 0.5) is 5.69 Å². The molecule has 0 aromatic heterocycles. The zero-order valence-corrected chi connectivity index (χ0v) is 22.7. The van der Waals surface area contributed by atoms with Gasteiger partial charge < -0.3 is 10.2 Å². The lowest BCUT2D eigenvalue weighted by Gasteiger charge is -2.33. The molecule has 7 nitrogen and oxygen atoms in total. The van der Waals surface area contributed by atoms with E-state index in [2.05, 4.69) is 5.32 Å². The largest absolute Gasteiger partial charge is 0.352 e. The van der Waals surface area contributed by atoms with Crippen molar-refractivity contribution in [3.05, 3.63) is 65.2 Å². The van der Waals surface area contributed by atoms with Gasteiger partial charge in [-0.3, -0.25) is 13.9 Å². The quantitative estimate of drug-likeness (QED) is 0.521. The number of hydrogen-bond donors (Lipinski definition) is 1. The van der Waals surface area contributed by atoms with Gasteiger partial charge in [-0.1, -0.05) is 61.7 Å². The van der Waals surface area contributed by atoms with Gasteiger partial charge in [0.1, 0.15) is 12.6 Å². The van der Waals surface area contributed by atoms with Gasteiger partial charge in [-0.05, 0) is 62.8 Å². The summed E-state index contributed by atoms with van der Waals surface area (Å²) in [4.78, 5) is 28.4. The molecule has 2 aromatic carbocycles. The van der Waals surface area contributed by atoms with Crippen LogP contribution in [0.25, 0.3) is 0 Å². The standard InChI is InChI=1S/C28H39N3O4S/c1-21-15-16-22(2)26(19-21)31(36(4,34)35)20-27(32)30(18-17-24-11-7-5-8-12-24)23(3)28(33)29-25-13-9-6-10-14-25/h5,7-8,11-12,15-16,19,23,25H,6,9-10,13-14,17-18,20H2,1-4H3,(H,29,33)/t23-/m0/s1. The molecule has 0 heterocycles. The van der Waals surface area contributed by atoms with E-state index in [1.54, 1.807) is 13.0 Å². The van der Waals surface area contributed by atoms with E-state index in [9.17, 15) is 18.0 Å². The average molecular weight is 514 g/mol. The minimum absolute atomic E-state index is 0.127. The Morgan fingerprint density at radius 3 is 2.33 bits per heavy atom. The van der Waals surface area contributed by atoms with E-state index < -0.39 is 22.0 Å². The van der Waals surface area contributed by atoms with Crippen molar-refractivity contribution in [2.24, 2.45) is 0 Å². The van der Waals surface area contributed by atoms with Crippen LogP contribution in [0, 0.1) is 13.8 Å². The van der Waals surface area contributed by atoms with E-state index in [1.807, 2.05) is 56.3 Å². The minimum atomic E-state index is -3.74. The maximum Gasteiger partial charge on any atom is 0.244 e. The first-order chi connectivity index (χ1) is 17.1. The molecular formula is C28H39N3O4S. The number of rotatable bonds is 10. The van der Waals surface area contributed by atoms with E-state index in [4.69, 9.17) is 0 Å². The molecular weight excluding hydrogens is 474 g/mol. The molecule has 1 aliphatic carbocycles. The SMILES string of the molecule is Cc1ccc(C)c(N(CC(=O)N(CCc2ccccc2)[C@@H](C)C(=O)NC2CCCCC2)S(C)(=O)=O)c1.